The van der Waals surface area contributed by atoms with Crippen molar-refractivity contribution in [2.75, 3.05) is 13.2 Å². The van der Waals surface area contributed by atoms with E-state index < -0.39 is 5.97 Å². The van der Waals surface area contributed by atoms with Gasteiger partial charge in [0.05, 0.1) is 24.4 Å². The Kier molecular flexibility index (Phi) is 43.4. The number of aliphatic carboxylic acids is 1. The third kappa shape index (κ3) is 39.9. The lowest BCUT2D eigenvalue weighted by Crippen LogP contribution is -2.26. The molecule has 5 heteroatoms. The molecule has 0 saturated carbocycles. The van der Waals surface area contributed by atoms with E-state index in [2.05, 4.69) is 20.8 Å². The molecule has 0 bridgehead atoms. The van der Waals surface area contributed by atoms with Gasteiger partial charge in [-0.1, -0.05) is 239 Å². The van der Waals surface area contributed by atoms with Gasteiger partial charge >= 0.3 is 5.97 Å². The van der Waals surface area contributed by atoms with Crippen molar-refractivity contribution in [1.82, 2.24) is 0 Å². The molecule has 0 aromatic rings. The molecule has 0 radical (unpaired) electrons. The Balaban J connectivity index is 0.000000734. The van der Waals surface area contributed by atoms with Crippen LogP contribution in [0.3, 0.4) is 0 Å². The van der Waals surface area contributed by atoms with Crippen LogP contribution in [0, 0.1) is 0 Å². The van der Waals surface area contributed by atoms with Gasteiger partial charge in [0.1, 0.15) is 0 Å². The predicted molar refractivity (Wildman–Crippen MR) is 256 cm³/mol. The van der Waals surface area contributed by atoms with E-state index in [1.165, 1.54) is 263 Å². The van der Waals surface area contributed by atoms with Crippen LogP contribution in [0.4, 0.5) is 0 Å². The molecule has 4 atom stereocenters. The average Bonchev–Trinajstić information content (AvgIpc) is 3.19. The molecular weight excluding hydrogens is 729 g/mol. The van der Waals surface area contributed by atoms with Gasteiger partial charge in [0.15, 0.2) is 0 Å². The molecule has 2 aliphatic rings. The Hall–Kier alpha value is -0.650. The standard InChI is InChI=1S/C36H70O3.C18H36O2/c1-3-5-7-17-25-35(27-21-15-11-9-13-19-23-33-29-31-37-33)39-36(26-18-8-6-4-2)28-22-16-12-10-14-20-24-34-30-32-38-34;1-2-3-4-5-6-7-8-9-10-11-12-13-14-15-16-17-18(19)20/h33-36H,3-32H2,1-2H3;2-17H2,1H3,(H,19,20). The van der Waals surface area contributed by atoms with Crippen molar-refractivity contribution in [2.45, 2.75) is 328 Å². The normalized spacial score (nSPS) is 17.2. The van der Waals surface area contributed by atoms with Gasteiger partial charge in [-0.15, -0.1) is 0 Å². The Morgan fingerprint density at radius 1 is 0.424 bits per heavy atom. The second-order valence-corrected chi connectivity index (χ2v) is 19.1. The molecule has 2 aliphatic heterocycles. The van der Waals surface area contributed by atoms with Gasteiger partial charge in [0.2, 0.25) is 0 Å². The third-order valence-corrected chi connectivity index (χ3v) is 13.3. The molecule has 59 heavy (non-hydrogen) atoms. The molecule has 2 rings (SSSR count). The summed E-state index contributed by atoms with van der Waals surface area (Å²) in [6.07, 6.45) is 60.3. The van der Waals surface area contributed by atoms with Gasteiger partial charge in [-0.25, -0.2) is 0 Å². The number of hydrogen-bond acceptors (Lipinski definition) is 4. The highest BCUT2D eigenvalue weighted by atomic mass is 16.5. The Bertz CT molecular complexity index is 782. The first-order valence-electron chi connectivity index (χ1n) is 27.2. The summed E-state index contributed by atoms with van der Waals surface area (Å²) >= 11 is 0. The van der Waals surface area contributed by atoms with E-state index in [4.69, 9.17) is 19.3 Å². The van der Waals surface area contributed by atoms with E-state index in [0.717, 1.165) is 26.1 Å². The molecule has 1 N–H and O–H groups in total. The molecular formula is C54H106O5. The molecule has 2 saturated heterocycles. The third-order valence-electron chi connectivity index (χ3n) is 13.3. The second-order valence-electron chi connectivity index (χ2n) is 19.1. The van der Waals surface area contributed by atoms with Gasteiger partial charge in [0, 0.05) is 19.6 Å². The van der Waals surface area contributed by atoms with Gasteiger partial charge in [-0.2, -0.15) is 0 Å². The summed E-state index contributed by atoms with van der Waals surface area (Å²) in [5.41, 5.74) is 0. The van der Waals surface area contributed by atoms with Crippen LogP contribution >= 0.6 is 0 Å². The zero-order chi connectivity index (χ0) is 42.5. The first-order valence-corrected chi connectivity index (χ1v) is 27.2. The highest BCUT2D eigenvalue weighted by Crippen LogP contribution is 2.25. The fourth-order valence-corrected chi connectivity index (χ4v) is 9.00. The van der Waals surface area contributed by atoms with Crippen molar-refractivity contribution in [2.24, 2.45) is 0 Å². The summed E-state index contributed by atoms with van der Waals surface area (Å²) in [5.74, 6) is -0.653. The maximum atomic E-state index is 10.3. The van der Waals surface area contributed by atoms with Gasteiger partial charge < -0.3 is 19.3 Å². The van der Waals surface area contributed by atoms with E-state index in [1.807, 2.05) is 0 Å². The van der Waals surface area contributed by atoms with Crippen LogP contribution in [-0.4, -0.2) is 48.7 Å². The SMILES string of the molecule is CCCCCCC(CCCCCCCCC1CCO1)OC(CCCCCC)CCCCCCCCC1CCO1.CCCCCCCCCCCCCCCCCC(=O)O. The van der Waals surface area contributed by atoms with Crippen LogP contribution in [0.2, 0.25) is 0 Å². The molecule has 4 unspecified atom stereocenters. The zero-order valence-electron chi connectivity index (χ0n) is 40.4. The smallest absolute Gasteiger partial charge is 0.303 e. The fourth-order valence-electron chi connectivity index (χ4n) is 9.00. The van der Waals surface area contributed by atoms with Crippen molar-refractivity contribution in [3.8, 4) is 0 Å². The Labute approximate surface area is 369 Å². The van der Waals surface area contributed by atoms with Crippen molar-refractivity contribution in [3.63, 3.8) is 0 Å². The summed E-state index contributed by atoms with van der Waals surface area (Å²) in [6.45, 7) is 8.92. The van der Waals surface area contributed by atoms with Crippen LogP contribution in [0.25, 0.3) is 0 Å². The Morgan fingerprint density at radius 2 is 0.678 bits per heavy atom. The molecule has 2 heterocycles. The molecule has 0 aromatic carbocycles. The summed E-state index contributed by atoms with van der Waals surface area (Å²) in [4.78, 5) is 10.3. The summed E-state index contributed by atoms with van der Waals surface area (Å²) < 4.78 is 18.1. The lowest BCUT2D eigenvalue weighted by Gasteiger charge is -2.26. The number of carbonyl (C=O) groups is 1. The van der Waals surface area contributed by atoms with E-state index in [1.54, 1.807) is 0 Å². The number of ether oxygens (including phenoxy) is 3. The first kappa shape index (κ1) is 56.4. The number of carboxylic acids is 1. The molecule has 0 amide bonds. The van der Waals surface area contributed by atoms with E-state index in [-0.39, 0.29) is 0 Å². The van der Waals surface area contributed by atoms with E-state index in [9.17, 15) is 4.79 Å². The molecule has 2 fully saturated rings. The minimum atomic E-state index is -0.653. The summed E-state index contributed by atoms with van der Waals surface area (Å²) in [7, 11) is 0. The van der Waals surface area contributed by atoms with Gasteiger partial charge in [-0.05, 0) is 57.8 Å². The highest BCUT2D eigenvalue weighted by Gasteiger charge is 2.19. The monoisotopic (exact) mass is 835 g/mol. The highest BCUT2D eigenvalue weighted by molar-refractivity contribution is 5.66. The maximum absolute atomic E-state index is 10.3. The first-order chi connectivity index (χ1) is 29.1. The summed E-state index contributed by atoms with van der Waals surface area (Å²) in [5, 5.41) is 8.52. The van der Waals surface area contributed by atoms with Crippen LogP contribution < -0.4 is 0 Å². The minimum absolute atomic E-state index is 0.345. The molecule has 352 valence electrons. The summed E-state index contributed by atoms with van der Waals surface area (Å²) in [6, 6.07) is 0. The topological polar surface area (TPSA) is 65.0 Å². The van der Waals surface area contributed by atoms with Gasteiger partial charge in [-0.3, -0.25) is 4.79 Å². The molecule has 0 aliphatic carbocycles. The zero-order valence-corrected chi connectivity index (χ0v) is 40.4. The van der Waals surface area contributed by atoms with E-state index in [0.29, 0.717) is 30.8 Å². The predicted octanol–water partition coefficient (Wildman–Crippen LogP) is 17.8. The second kappa shape index (κ2) is 45.4. The number of rotatable bonds is 46. The fraction of sp³-hybridized carbons (Fsp3) is 0.981. The van der Waals surface area contributed by atoms with Crippen molar-refractivity contribution in [3.05, 3.63) is 0 Å². The number of unbranched alkanes of at least 4 members (excludes halogenated alkanes) is 30. The van der Waals surface area contributed by atoms with E-state index >= 15 is 0 Å². The minimum Gasteiger partial charge on any atom is -0.481 e. The average molecular weight is 835 g/mol. The van der Waals surface area contributed by atoms with Crippen molar-refractivity contribution in [1.29, 1.82) is 0 Å². The van der Waals surface area contributed by atoms with Crippen LogP contribution in [0.5, 0.6) is 0 Å². The maximum Gasteiger partial charge on any atom is 0.303 e. The quantitative estimate of drug-likeness (QED) is 0.0619. The van der Waals surface area contributed by atoms with Crippen LogP contribution in [-0.2, 0) is 19.0 Å². The van der Waals surface area contributed by atoms with Crippen molar-refractivity contribution >= 4 is 5.97 Å². The molecule has 0 spiro atoms. The molecule has 0 aromatic heterocycles. The lowest BCUT2D eigenvalue weighted by atomic mass is 9.99. The van der Waals surface area contributed by atoms with Crippen LogP contribution in [0.1, 0.15) is 303 Å². The molecule has 5 nitrogen and oxygen atoms in total. The lowest BCUT2D eigenvalue weighted by molar-refractivity contribution is -0.137. The van der Waals surface area contributed by atoms with Crippen molar-refractivity contribution < 1.29 is 24.1 Å². The number of carboxylic acid groups (broad SMARTS) is 1. The van der Waals surface area contributed by atoms with Crippen LogP contribution in [0.15, 0.2) is 0 Å². The van der Waals surface area contributed by atoms with Gasteiger partial charge in [0.25, 0.3) is 0 Å². The largest absolute Gasteiger partial charge is 0.481 e. The Morgan fingerprint density at radius 3 is 0.949 bits per heavy atom. The number of hydrogen-bond donors (Lipinski definition) is 1.